The Kier molecular flexibility index (Phi) is 4.17. The molecule has 1 amide bonds. The predicted octanol–water partition coefficient (Wildman–Crippen LogP) is 2.77. The van der Waals surface area contributed by atoms with E-state index >= 15 is 0 Å². The summed E-state index contributed by atoms with van der Waals surface area (Å²) in [6.45, 7) is 2.47. The number of carbonyl (C=O) groups is 1. The molecule has 2 heterocycles. The first-order valence-electron chi connectivity index (χ1n) is 5.61. The van der Waals surface area contributed by atoms with Crippen LogP contribution in [-0.4, -0.2) is 19.6 Å². The average molecular weight is 265 g/mol. The molecule has 5 heteroatoms. The average Bonchev–Trinajstić information content (AvgIpc) is 3.01. The number of furan rings is 1. The number of aryl methyl sites for hydroxylation is 1. The molecule has 2 aromatic rings. The van der Waals surface area contributed by atoms with E-state index < -0.39 is 0 Å². The SMILES string of the molecule is CO[C@@H](CNC(=O)c1ccco1)c1ccc(C)s1. The summed E-state index contributed by atoms with van der Waals surface area (Å²) in [7, 11) is 1.64. The van der Waals surface area contributed by atoms with E-state index in [0.29, 0.717) is 12.3 Å². The highest BCUT2D eigenvalue weighted by Crippen LogP contribution is 2.24. The highest BCUT2D eigenvalue weighted by Gasteiger charge is 2.15. The lowest BCUT2D eigenvalue weighted by molar-refractivity contribution is 0.0816. The van der Waals surface area contributed by atoms with E-state index in [2.05, 4.69) is 5.32 Å². The normalized spacial score (nSPS) is 12.3. The summed E-state index contributed by atoms with van der Waals surface area (Å²) < 4.78 is 10.4. The van der Waals surface area contributed by atoms with Gasteiger partial charge in [0, 0.05) is 23.4 Å². The van der Waals surface area contributed by atoms with Crippen LogP contribution in [-0.2, 0) is 4.74 Å². The first-order valence-corrected chi connectivity index (χ1v) is 6.43. The lowest BCUT2D eigenvalue weighted by atomic mass is 10.2. The first kappa shape index (κ1) is 12.9. The van der Waals surface area contributed by atoms with E-state index in [4.69, 9.17) is 9.15 Å². The maximum atomic E-state index is 11.7. The first-order chi connectivity index (χ1) is 8.70. The zero-order valence-electron chi connectivity index (χ0n) is 10.3. The van der Waals surface area contributed by atoms with Gasteiger partial charge in [-0.3, -0.25) is 4.79 Å². The van der Waals surface area contributed by atoms with Crippen molar-refractivity contribution in [3.05, 3.63) is 46.0 Å². The zero-order chi connectivity index (χ0) is 13.0. The van der Waals surface area contributed by atoms with E-state index in [1.54, 1.807) is 30.6 Å². The van der Waals surface area contributed by atoms with E-state index in [-0.39, 0.29) is 12.0 Å². The number of thiophene rings is 1. The van der Waals surface area contributed by atoms with Crippen molar-refractivity contribution in [1.29, 1.82) is 0 Å². The third kappa shape index (κ3) is 3.00. The van der Waals surface area contributed by atoms with Gasteiger partial charge in [-0.25, -0.2) is 0 Å². The molecule has 0 aliphatic carbocycles. The summed E-state index contributed by atoms with van der Waals surface area (Å²) in [6, 6.07) is 7.38. The molecule has 18 heavy (non-hydrogen) atoms. The van der Waals surface area contributed by atoms with Gasteiger partial charge < -0.3 is 14.5 Å². The van der Waals surface area contributed by atoms with Crippen molar-refractivity contribution in [1.82, 2.24) is 5.32 Å². The van der Waals surface area contributed by atoms with Crippen LogP contribution in [0.1, 0.15) is 26.4 Å². The molecule has 0 aromatic carbocycles. The van der Waals surface area contributed by atoms with Crippen LogP contribution < -0.4 is 5.32 Å². The van der Waals surface area contributed by atoms with Gasteiger partial charge in [-0.1, -0.05) is 0 Å². The van der Waals surface area contributed by atoms with Crippen LogP contribution >= 0.6 is 11.3 Å². The molecule has 0 fully saturated rings. The molecular weight excluding hydrogens is 250 g/mol. The zero-order valence-corrected chi connectivity index (χ0v) is 11.1. The molecule has 0 spiro atoms. The molecule has 0 aliphatic heterocycles. The second-order valence-electron chi connectivity index (χ2n) is 3.86. The van der Waals surface area contributed by atoms with Crippen molar-refractivity contribution in [3.63, 3.8) is 0 Å². The maximum Gasteiger partial charge on any atom is 0.287 e. The lowest BCUT2D eigenvalue weighted by Gasteiger charge is -2.13. The Hall–Kier alpha value is -1.59. The molecule has 1 N–H and O–H groups in total. The second-order valence-corrected chi connectivity index (χ2v) is 5.18. The molecule has 4 nitrogen and oxygen atoms in total. The van der Waals surface area contributed by atoms with Crippen LogP contribution in [0.4, 0.5) is 0 Å². The van der Waals surface area contributed by atoms with Crippen molar-refractivity contribution in [2.45, 2.75) is 13.0 Å². The Morgan fingerprint density at radius 1 is 1.50 bits per heavy atom. The van der Waals surface area contributed by atoms with Gasteiger partial charge in [0.1, 0.15) is 6.10 Å². The fraction of sp³-hybridized carbons (Fsp3) is 0.308. The molecule has 0 aliphatic rings. The Bertz CT molecular complexity index is 504. The minimum absolute atomic E-state index is 0.123. The van der Waals surface area contributed by atoms with Crippen LogP contribution in [0.25, 0.3) is 0 Å². The highest BCUT2D eigenvalue weighted by atomic mass is 32.1. The molecule has 0 radical (unpaired) electrons. The molecule has 2 rings (SSSR count). The number of hydrogen-bond acceptors (Lipinski definition) is 4. The van der Waals surface area contributed by atoms with Crippen molar-refractivity contribution in [3.8, 4) is 0 Å². The smallest absolute Gasteiger partial charge is 0.287 e. The van der Waals surface area contributed by atoms with Gasteiger partial charge in [0.05, 0.1) is 6.26 Å². The summed E-state index contributed by atoms with van der Waals surface area (Å²) in [5, 5.41) is 2.79. The third-order valence-corrected chi connectivity index (χ3v) is 3.65. The Morgan fingerprint density at radius 3 is 2.89 bits per heavy atom. The van der Waals surface area contributed by atoms with Gasteiger partial charge in [-0.05, 0) is 31.2 Å². The summed E-state index contributed by atoms with van der Waals surface area (Å²) >= 11 is 1.67. The van der Waals surface area contributed by atoms with Gasteiger partial charge in [0.15, 0.2) is 5.76 Å². The number of amides is 1. The topological polar surface area (TPSA) is 51.5 Å². The molecule has 1 atom stereocenters. The number of carbonyl (C=O) groups excluding carboxylic acids is 1. The third-order valence-electron chi connectivity index (χ3n) is 2.56. The fourth-order valence-electron chi connectivity index (χ4n) is 1.61. The van der Waals surface area contributed by atoms with Crippen LogP contribution in [0.3, 0.4) is 0 Å². The number of methoxy groups -OCH3 is 1. The minimum Gasteiger partial charge on any atom is -0.459 e. The van der Waals surface area contributed by atoms with Gasteiger partial charge in [-0.2, -0.15) is 0 Å². The van der Waals surface area contributed by atoms with Crippen LogP contribution in [0.2, 0.25) is 0 Å². The molecule has 0 unspecified atom stereocenters. The van der Waals surface area contributed by atoms with E-state index in [0.717, 1.165) is 4.88 Å². The van der Waals surface area contributed by atoms with Crippen molar-refractivity contribution in [2.75, 3.05) is 13.7 Å². The van der Waals surface area contributed by atoms with Gasteiger partial charge in [0.2, 0.25) is 0 Å². The summed E-state index contributed by atoms with van der Waals surface area (Å²) in [5.41, 5.74) is 0. The monoisotopic (exact) mass is 265 g/mol. The van der Waals surface area contributed by atoms with Crippen LogP contribution in [0.5, 0.6) is 0 Å². The number of nitrogens with one attached hydrogen (secondary N) is 1. The highest BCUT2D eigenvalue weighted by molar-refractivity contribution is 7.12. The lowest BCUT2D eigenvalue weighted by Crippen LogP contribution is -2.28. The Morgan fingerprint density at radius 2 is 2.33 bits per heavy atom. The standard InChI is InChI=1S/C13H15NO3S/c1-9-5-6-12(18-9)11(16-2)8-14-13(15)10-4-3-7-17-10/h3-7,11H,8H2,1-2H3,(H,14,15)/t11-/m0/s1. The predicted molar refractivity (Wildman–Crippen MR) is 69.8 cm³/mol. The molecular formula is C13H15NO3S. The summed E-state index contributed by atoms with van der Waals surface area (Å²) in [6.07, 6.45) is 1.35. The van der Waals surface area contributed by atoms with Crippen molar-refractivity contribution < 1.29 is 13.9 Å². The van der Waals surface area contributed by atoms with Crippen molar-refractivity contribution in [2.24, 2.45) is 0 Å². The second kappa shape index (κ2) is 5.84. The summed E-state index contributed by atoms with van der Waals surface area (Å²) in [5.74, 6) is 0.0857. The molecule has 0 bridgehead atoms. The quantitative estimate of drug-likeness (QED) is 0.904. The number of rotatable bonds is 5. The minimum atomic E-state index is -0.227. The van der Waals surface area contributed by atoms with E-state index in [1.165, 1.54) is 11.1 Å². The number of hydrogen-bond donors (Lipinski definition) is 1. The van der Waals surface area contributed by atoms with Gasteiger partial charge in [0.25, 0.3) is 5.91 Å². The van der Waals surface area contributed by atoms with Gasteiger partial charge >= 0.3 is 0 Å². The number of ether oxygens (including phenoxy) is 1. The Labute approximate surface area is 110 Å². The fourth-order valence-corrected chi connectivity index (χ4v) is 2.56. The maximum absolute atomic E-state index is 11.7. The molecule has 0 saturated heterocycles. The molecule has 2 aromatic heterocycles. The Balaban J connectivity index is 1.94. The summed E-state index contributed by atoms with van der Waals surface area (Å²) in [4.78, 5) is 14.0. The largest absolute Gasteiger partial charge is 0.459 e. The molecule has 96 valence electrons. The van der Waals surface area contributed by atoms with Crippen molar-refractivity contribution >= 4 is 17.2 Å². The molecule has 0 saturated carbocycles. The van der Waals surface area contributed by atoms with E-state index in [1.807, 2.05) is 19.1 Å². The van der Waals surface area contributed by atoms with Crippen LogP contribution in [0.15, 0.2) is 34.9 Å². The van der Waals surface area contributed by atoms with Gasteiger partial charge in [-0.15, -0.1) is 11.3 Å². The van der Waals surface area contributed by atoms with Crippen LogP contribution in [0, 0.1) is 6.92 Å². The van der Waals surface area contributed by atoms with E-state index in [9.17, 15) is 4.79 Å².